The molecule has 112 valence electrons. The van der Waals surface area contributed by atoms with Gasteiger partial charge in [-0.3, -0.25) is 4.98 Å². The number of nitrogens with two attached hydrogens (primary N) is 1. The number of methoxy groups -OCH3 is 1. The molecular formula is C17H22N2O2. The molecule has 0 amide bonds. The van der Waals surface area contributed by atoms with E-state index in [0.717, 1.165) is 53.6 Å². The summed E-state index contributed by atoms with van der Waals surface area (Å²) in [6.07, 6.45) is 6.66. The van der Waals surface area contributed by atoms with E-state index < -0.39 is 0 Å². The Morgan fingerprint density at radius 2 is 2.00 bits per heavy atom. The molecule has 4 heteroatoms. The van der Waals surface area contributed by atoms with Crippen molar-refractivity contribution < 1.29 is 9.47 Å². The zero-order valence-corrected chi connectivity index (χ0v) is 12.6. The number of nitrogen functional groups attached to an aromatic ring is 1. The van der Waals surface area contributed by atoms with Crippen LogP contribution in [0, 0.1) is 6.92 Å². The molecule has 1 fully saturated rings. The first kappa shape index (κ1) is 14.1. The molecule has 1 saturated carbocycles. The average Bonchev–Trinajstić information content (AvgIpc) is 2.50. The largest absolute Gasteiger partial charge is 0.490 e. The van der Waals surface area contributed by atoms with Gasteiger partial charge in [0.25, 0.3) is 0 Å². The number of rotatable bonds is 3. The van der Waals surface area contributed by atoms with Crippen LogP contribution in [0.5, 0.6) is 5.75 Å². The lowest BCUT2D eigenvalue weighted by Crippen LogP contribution is -2.29. The lowest BCUT2D eigenvalue weighted by Gasteiger charge is -2.29. The van der Waals surface area contributed by atoms with Crippen molar-refractivity contribution >= 4 is 16.5 Å². The van der Waals surface area contributed by atoms with E-state index >= 15 is 0 Å². The summed E-state index contributed by atoms with van der Waals surface area (Å²) in [5.41, 5.74) is 7.74. The molecule has 2 atom stereocenters. The molecule has 0 spiro atoms. The van der Waals surface area contributed by atoms with Crippen molar-refractivity contribution in [3.05, 3.63) is 30.1 Å². The summed E-state index contributed by atoms with van der Waals surface area (Å²) < 4.78 is 11.7. The van der Waals surface area contributed by atoms with Crippen LogP contribution in [0.3, 0.4) is 0 Å². The van der Waals surface area contributed by atoms with E-state index in [1.807, 2.05) is 31.3 Å². The van der Waals surface area contributed by atoms with Crippen LogP contribution in [0.1, 0.15) is 31.4 Å². The molecule has 3 rings (SSSR count). The molecule has 1 aliphatic rings. The number of hydrogen-bond donors (Lipinski definition) is 1. The molecule has 1 heterocycles. The first-order chi connectivity index (χ1) is 10.2. The van der Waals surface area contributed by atoms with E-state index in [0.29, 0.717) is 6.10 Å². The summed E-state index contributed by atoms with van der Waals surface area (Å²) in [4.78, 5) is 4.33. The van der Waals surface area contributed by atoms with E-state index in [1.165, 1.54) is 0 Å². The molecule has 1 aromatic carbocycles. The molecule has 1 aliphatic carbocycles. The van der Waals surface area contributed by atoms with Gasteiger partial charge in [0.1, 0.15) is 11.9 Å². The van der Waals surface area contributed by atoms with Crippen LogP contribution in [0.4, 0.5) is 5.69 Å². The number of fused-ring (bicyclic) bond motifs is 1. The molecule has 1 aromatic heterocycles. The monoisotopic (exact) mass is 286 g/mol. The van der Waals surface area contributed by atoms with Gasteiger partial charge in [0, 0.05) is 41.9 Å². The van der Waals surface area contributed by atoms with Gasteiger partial charge in [-0.1, -0.05) is 0 Å². The SMILES string of the molecule is COC1CCCC(Oc2ccc(N)c3cnc(C)cc23)C1. The predicted octanol–water partition coefficient (Wildman–Crippen LogP) is 3.46. The Morgan fingerprint density at radius 3 is 2.81 bits per heavy atom. The fourth-order valence-electron chi connectivity index (χ4n) is 3.04. The van der Waals surface area contributed by atoms with E-state index in [2.05, 4.69) is 4.98 Å². The van der Waals surface area contributed by atoms with Crippen molar-refractivity contribution in [3.63, 3.8) is 0 Å². The molecule has 2 N–H and O–H groups in total. The second-order valence-corrected chi connectivity index (χ2v) is 5.79. The topological polar surface area (TPSA) is 57.4 Å². The van der Waals surface area contributed by atoms with Crippen LogP contribution >= 0.6 is 0 Å². The lowest BCUT2D eigenvalue weighted by molar-refractivity contribution is 0.0214. The van der Waals surface area contributed by atoms with Crippen molar-refractivity contribution in [2.45, 2.75) is 44.8 Å². The number of aromatic nitrogens is 1. The maximum absolute atomic E-state index is 6.25. The van der Waals surface area contributed by atoms with Gasteiger partial charge >= 0.3 is 0 Å². The highest BCUT2D eigenvalue weighted by atomic mass is 16.5. The number of nitrogens with zero attached hydrogens (tertiary/aromatic N) is 1. The number of pyridine rings is 1. The summed E-state index contributed by atoms with van der Waals surface area (Å²) in [7, 11) is 1.78. The Labute approximate surface area is 125 Å². The fraction of sp³-hybridized carbons (Fsp3) is 0.471. The second-order valence-electron chi connectivity index (χ2n) is 5.79. The minimum atomic E-state index is 0.212. The Morgan fingerprint density at radius 1 is 1.19 bits per heavy atom. The van der Waals surface area contributed by atoms with Crippen LogP contribution in [0.25, 0.3) is 10.8 Å². The zero-order chi connectivity index (χ0) is 14.8. The first-order valence-electron chi connectivity index (χ1n) is 7.51. The number of hydrogen-bond acceptors (Lipinski definition) is 4. The van der Waals surface area contributed by atoms with E-state index in [-0.39, 0.29) is 6.10 Å². The van der Waals surface area contributed by atoms with Crippen molar-refractivity contribution in [2.24, 2.45) is 0 Å². The van der Waals surface area contributed by atoms with Gasteiger partial charge in [-0.25, -0.2) is 0 Å². The Kier molecular flexibility index (Phi) is 3.97. The van der Waals surface area contributed by atoms with Crippen LogP contribution in [0.2, 0.25) is 0 Å². The van der Waals surface area contributed by atoms with Gasteiger partial charge in [0.05, 0.1) is 6.10 Å². The smallest absolute Gasteiger partial charge is 0.127 e. The quantitative estimate of drug-likeness (QED) is 0.878. The lowest BCUT2D eigenvalue weighted by atomic mass is 9.95. The Balaban J connectivity index is 1.90. The standard InChI is InChI=1S/C17H22N2O2/c1-11-8-14-15(10-19-11)16(18)6-7-17(14)21-13-5-3-4-12(9-13)20-2/h6-8,10,12-13H,3-5,9,18H2,1-2H3. The van der Waals surface area contributed by atoms with Crippen LogP contribution in [0.15, 0.2) is 24.4 Å². The van der Waals surface area contributed by atoms with Crippen molar-refractivity contribution in [1.82, 2.24) is 4.98 Å². The van der Waals surface area contributed by atoms with Gasteiger partial charge in [-0.2, -0.15) is 0 Å². The highest BCUT2D eigenvalue weighted by molar-refractivity contribution is 5.96. The van der Waals surface area contributed by atoms with Gasteiger partial charge in [0.15, 0.2) is 0 Å². The second kappa shape index (κ2) is 5.90. The highest BCUT2D eigenvalue weighted by Gasteiger charge is 2.23. The number of aryl methyl sites for hydroxylation is 1. The molecule has 2 unspecified atom stereocenters. The highest BCUT2D eigenvalue weighted by Crippen LogP contribution is 2.33. The first-order valence-corrected chi connectivity index (χ1v) is 7.51. The third-order valence-electron chi connectivity index (χ3n) is 4.24. The van der Waals surface area contributed by atoms with Crippen LogP contribution < -0.4 is 10.5 Å². The van der Waals surface area contributed by atoms with Crippen LogP contribution in [-0.4, -0.2) is 24.3 Å². The van der Waals surface area contributed by atoms with E-state index in [4.69, 9.17) is 15.2 Å². The van der Waals surface area contributed by atoms with Gasteiger partial charge in [-0.05, 0) is 44.4 Å². The Hall–Kier alpha value is -1.81. The van der Waals surface area contributed by atoms with Crippen LogP contribution in [-0.2, 0) is 4.74 Å². The maximum Gasteiger partial charge on any atom is 0.127 e. The normalized spacial score (nSPS) is 22.4. The molecule has 0 aliphatic heterocycles. The molecule has 0 saturated heterocycles. The predicted molar refractivity (Wildman–Crippen MR) is 84.6 cm³/mol. The number of benzene rings is 1. The summed E-state index contributed by atoms with van der Waals surface area (Å²) in [5, 5.41) is 2.00. The third kappa shape index (κ3) is 2.95. The van der Waals surface area contributed by atoms with Crippen molar-refractivity contribution in [1.29, 1.82) is 0 Å². The zero-order valence-electron chi connectivity index (χ0n) is 12.6. The minimum Gasteiger partial charge on any atom is -0.490 e. The molecule has 21 heavy (non-hydrogen) atoms. The third-order valence-corrected chi connectivity index (χ3v) is 4.24. The number of anilines is 1. The van der Waals surface area contributed by atoms with E-state index in [9.17, 15) is 0 Å². The molecule has 2 aromatic rings. The minimum absolute atomic E-state index is 0.212. The molecular weight excluding hydrogens is 264 g/mol. The number of ether oxygens (including phenoxy) is 2. The average molecular weight is 286 g/mol. The molecule has 0 bridgehead atoms. The summed E-state index contributed by atoms with van der Waals surface area (Å²) >= 11 is 0. The molecule has 0 radical (unpaired) electrons. The van der Waals surface area contributed by atoms with Gasteiger partial charge < -0.3 is 15.2 Å². The van der Waals surface area contributed by atoms with Gasteiger partial charge in [-0.15, -0.1) is 0 Å². The maximum atomic E-state index is 6.25. The summed E-state index contributed by atoms with van der Waals surface area (Å²) in [5.74, 6) is 0.895. The summed E-state index contributed by atoms with van der Waals surface area (Å²) in [6, 6.07) is 5.90. The van der Waals surface area contributed by atoms with Crippen molar-refractivity contribution in [2.75, 3.05) is 12.8 Å². The Bertz CT molecular complexity index is 642. The summed E-state index contributed by atoms with van der Waals surface area (Å²) in [6.45, 7) is 1.98. The van der Waals surface area contributed by atoms with Gasteiger partial charge in [0.2, 0.25) is 0 Å². The van der Waals surface area contributed by atoms with Crippen molar-refractivity contribution in [3.8, 4) is 5.75 Å². The van der Waals surface area contributed by atoms with E-state index in [1.54, 1.807) is 7.11 Å². The fourth-order valence-corrected chi connectivity index (χ4v) is 3.04. The molecule has 4 nitrogen and oxygen atoms in total.